The Morgan fingerprint density at radius 3 is 1.93 bits per heavy atom. The summed E-state index contributed by atoms with van der Waals surface area (Å²) in [5.41, 5.74) is 1.04. The molecule has 0 aliphatic carbocycles. The van der Waals surface area contributed by atoms with E-state index in [0.29, 0.717) is 12.3 Å². The van der Waals surface area contributed by atoms with Crippen LogP contribution in [0.3, 0.4) is 0 Å². The predicted octanol–water partition coefficient (Wildman–Crippen LogP) is 8.16. The molecule has 0 spiro atoms. The standard InChI is InChI=1S/C21H38N2O2S.C7H17N.C2H6.2CH2O/c1-7-10-11-20(24)23(12-8-2)18(16(4)5)14-19(25-13-9-3)21-22-17(6)15-26-21;1-4-6-7-8(3)5-2;3*1-2/h15-16,18-19H,7-14H2,1-6H3;4-7H2,1-3H3;1-2H3;2*1H2. The SMILES string of the molecule is C=O.C=O.CC.CCCCC(=O)N(CCC)C(CC(OCCC)c1nc(C)cs1)C(C)C.CCCCN(C)CC. The van der Waals surface area contributed by atoms with Gasteiger partial charge in [-0.2, -0.15) is 0 Å². The van der Waals surface area contributed by atoms with Gasteiger partial charge in [-0.3, -0.25) is 4.79 Å². The van der Waals surface area contributed by atoms with Gasteiger partial charge in [-0.05, 0) is 58.7 Å². The van der Waals surface area contributed by atoms with Crippen LogP contribution in [0.15, 0.2) is 5.38 Å². The number of hydrogen-bond donors (Lipinski definition) is 0. The molecule has 0 aliphatic rings. The molecule has 1 aromatic heterocycles. The van der Waals surface area contributed by atoms with Gasteiger partial charge in [-0.25, -0.2) is 4.98 Å². The summed E-state index contributed by atoms with van der Waals surface area (Å²) in [5, 5.41) is 3.12. The first-order valence-corrected chi connectivity index (χ1v) is 16.2. The lowest BCUT2D eigenvalue weighted by atomic mass is 9.95. The maximum absolute atomic E-state index is 12.8. The quantitative estimate of drug-likeness (QED) is 0.183. The Bertz CT molecular complexity index is 656. The summed E-state index contributed by atoms with van der Waals surface area (Å²) < 4.78 is 6.17. The van der Waals surface area contributed by atoms with E-state index in [9.17, 15) is 4.79 Å². The van der Waals surface area contributed by atoms with Crippen LogP contribution in [0.25, 0.3) is 0 Å². The van der Waals surface area contributed by atoms with Crippen molar-refractivity contribution < 1.29 is 19.1 Å². The maximum Gasteiger partial charge on any atom is 0.222 e. The Hall–Kier alpha value is -1.64. The van der Waals surface area contributed by atoms with Crippen LogP contribution in [0, 0.1) is 12.8 Å². The smallest absolute Gasteiger partial charge is 0.222 e. The summed E-state index contributed by atoms with van der Waals surface area (Å²) in [6, 6.07) is 0.186. The maximum atomic E-state index is 12.8. The fourth-order valence-corrected chi connectivity index (χ4v) is 4.63. The fraction of sp³-hybridized carbons (Fsp3) is 0.812. The van der Waals surface area contributed by atoms with E-state index in [0.717, 1.165) is 56.0 Å². The number of aryl methyl sites for hydroxylation is 1. The Morgan fingerprint density at radius 1 is 0.950 bits per heavy atom. The second kappa shape index (κ2) is 33.6. The van der Waals surface area contributed by atoms with E-state index < -0.39 is 0 Å². The number of nitrogens with zero attached hydrogens (tertiary/aromatic N) is 3. The minimum atomic E-state index is -0.0284. The van der Waals surface area contributed by atoms with Gasteiger partial charge in [-0.1, -0.05) is 75.2 Å². The van der Waals surface area contributed by atoms with E-state index in [1.807, 2.05) is 34.3 Å². The first-order valence-electron chi connectivity index (χ1n) is 15.3. The number of rotatable bonds is 17. The van der Waals surface area contributed by atoms with Gasteiger partial charge in [-0.15, -0.1) is 11.3 Å². The highest BCUT2D eigenvalue weighted by Gasteiger charge is 2.30. The molecule has 0 saturated carbocycles. The van der Waals surface area contributed by atoms with Crippen LogP contribution < -0.4 is 0 Å². The summed E-state index contributed by atoms with van der Waals surface area (Å²) in [6.45, 7) is 29.3. The highest BCUT2D eigenvalue weighted by Crippen LogP contribution is 2.31. The van der Waals surface area contributed by atoms with Gasteiger partial charge in [0.25, 0.3) is 0 Å². The molecule has 2 atom stereocenters. The van der Waals surface area contributed by atoms with E-state index in [-0.39, 0.29) is 18.1 Å². The average Bonchev–Trinajstić information content (AvgIpc) is 3.43. The Kier molecular flexibility index (Phi) is 38.1. The van der Waals surface area contributed by atoms with Crippen LogP contribution >= 0.6 is 11.3 Å². The van der Waals surface area contributed by atoms with E-state index in [1.165, 1.54) is 25.9 Å². The van der Waals surface area contributed by atoms with Crippen molar-refractivity contribution >= 4 is 30.8 Å². The van der Waals surface area contributed by atoms with Crippen molar-refractivity contribution in [3.8, 4) is 0 Å². The third kappa shape index (κ3) is 23.1. The van der Waals surface area contributed by atoms with Crippen molar-refractivity contribution in [2.24, 2.45) is 5.92 Å². The molecule has 0 N–H and O–H groups in total. The van der Waals surface area contributed by atoms with Gasteiger partial charge in [0, 0.05) is 43.1 Å². The highest BCUT2D eigenvalue weighted by atomic mass is 32.1. The minimum absolute atomic E-state index is 0.0284. The van der Waals surface area contributed by atoms with Gasteiger partial charge < -0.3 is 24.1 Å². The fourth-order valence-electron chi connectivity index (χ4n) is 3.77. The van der Waals surface area contributed by atoms with Crippen molar-refractivity contribution in [3.05, 3.63) is 16.1 Å². The molecule has 8 heteroatoms. The number of hydrogen-bond acceptors (Lipinski definition) is 7. The third-order valence-electron chi connectivity index (χ3n) is 6.02. The number of unbranched alkanes of at least 4 members (excludes halogenated alkanes) is 2. The molecular weight excluding hydrogens is 522 g/mol. The molecule has 40 heavy (non-hydrogen) atoms. The van der Waals surface area contributed by atoms with Crippen molar-refractivity contribution in [2.75, 3.05) is 33.3 Å². The van der Waals surface area contributed by atoms with Crippen LogP contribution in [0.2, 0.25) is 0 Å². The molecule has 7 nitrogen and oxygen atoms in total. The zero-order valence-electron chi connectivity index (χ0n) is 28.1. The third-order valence-corrected chi connectivity index (χ3v) is 7.08. The number of thiazole rings is 1. The number of aromatic nitrogens is 1. The van der Waals surface area contributed by atoms with Gasteiger partial charge in [0.1, 0.15) is 24.7 Å². The molecule has 1 amide bonds. The molecule has 1 aromatic rings. The average molecular weight is 588 g/mol. The van der Waals surface area contributed by atoms with Crippen molar-refractivity contribution in [2.45, 2.75) is 133 Å². The Balaban J connectivity index is -0.000000388. The Labute approximate surface area is 252 Å². The van der Waals surface area contributed by atoms with E-state index in [4.69, 9.17) is 14.3 Å². The second-order valence-electron chi connectivity index (χ2n) is 9.67. The van der Waals surface area contributed by atoms with Gasteiger partial charge >= 0.3 is 0 Å². The molecule has 0 saturated heterocycles. The van der Waals surface area contributed by atoms with Crippen LogP contribution in [-0.4, -0.2) is 73.6 Å². The molecule has 0 aliphatic heterocycles. The van der Waals surface area contributed by atoms with Crippen molar-refractivity contribution in [3.63, 3.8) is 0 Å². The van der Waals surface area contributed by atoms with Crippen LogP contribution in [-0.2, 0) is 19.1 Å². The van der Waals surface area contributed by atoms with Crippen LogP contribution in [0.4, 0.5) is 0 Å². The first-order chi connectivity index (χ1) is 19.2. The summed E-state index contributed by atoms with van der Waals surface area (Å²) in [7, 11) is 2.16. The zero-order chi connectivity index (χ0) is 31.9. The van der Waals surface area contributed by atoms with Gasteiger partial charge in [0.15, 0.2) is 0 Å². The largest absolute Gasteiger partial charge is 0.371 e. The number of carbonyl (C=O) groups is 3. The predicted molar refractivity (Wildman–Crippen MR) is 174 cm³/mol. The molecule has 0 bridgehead atoms. The summed E-state index contributed by atoms with van der Waals surface area (Å²) >= 11 is 1.67. The van der Waals surface area contributed by atoms with E-state index in [1.54, 1.807) is 11.3 Å². The van der Waals surface area contributed by atoms with Crippen molar-refractivity contribution in [1.29, 1.82) is 0 Å². The number of amides is 1. The van der Waals surface area contributed by atoms with Gasteiger partial charge in [0.05, 0.1) is 0 Å². The lowest BCUT2D eigenvalue weighted by molar-refractivity contribution is -0.135. The summed E-state index contributed by atoms with van der Waals surface area (Å²) in [6.07, 6.45) is 8.08. The molecular formula is C32H65N3O4S. The molecule has 1 rings (SSSR count). The molecule has 0 fully saturated rings. The summed E-state index contributed by atoms with van der Waals surface area (Å²) in [4.78, 5) is 38.0. The lowest BCUT2D eigenvalue weighted by Crippen LogP contribution is -2.44. The van der Waals surface area contributed by atoms with Gasteiger partial charge in [0.2, 0.25) is 5.91 Å². The summed E-state index contributed by atoms with van der Waals surface area (Å²) in [5.74, 6) is 0.679. The molecule has 2 unspecified atom stereocenters. The lowest BCUT2D eigenvalue weighted by Gasteiger charge is -2.36. The normalized spacial score (nSPS) is 11.4. The van der Waals surface area contributed by atoms with Crippen molar-refractivity contribution in [1.82, 2.24) is 14.8 Å². The number of ether oxygens (including phenoxy) is 1. The molecule has 0 aromatic carbocycles. The second-order valence-corrected chi connectivity index (χ2v) is 10.6. The van der Waals surface area contributed by atoms with Crippen LogP contribution in [0.1, 0.15) is 130 Å². The monoisotopic (exact) mass is 587 g/mol. The zero-order valence-corrected chi connectivity index (χ0v) is 28.9. The minimum Gasteiger partial charge on any atom is -0.371 e. The first kappa shape index (κ1) is 45.4. The Morgan fingerprint density at radius 2 is 1.52 bits per heavy atom. The topological polar surface area (TPSA) is 79.8 Å². The number of carbonyl (C=O) groups excluding carboxylic acids is 3. The van der Waals surface area contributed by atoms with E-state index >= 15 is 0 Å². The highest BCUT2D eigenvalue weighted by molar-refractivity contribution is 7.09. The van der Waals surface area contributed by atoms with E-state index in [2.05, 4.69) is 75.7 Å². The molecule has 238 valence electrons. The molecule has 1 heterocycles. The van der Waals surface area contributed by atoms with Crippen LogP contribution in [0.5, 0.6) is 0 Å². The molecule has 0 radical (unpaired) electrons.